The highest BCUT2D eigenvalue weighted by atomic mass is 32.1. The standard InChI is InChI=1S/C15H20N2O2S/c1-10(2)15-17-13-6-5-12(9-14(13)20-15)19-8-4-7-16-11(3)18/h5-6,9-10H,4,7-8H2,1-3H3,(H,16,18). The van der Waals surface area contributed by atoms with Crippen molar-refractivity contribution >= 4 is 27.5 Å². The molecule has 1 heterocycles. The molecule has 5 heteroatoms. The van der Waals surface area contributed by atoms with E-state index < -0.39 is 0 Å². The molecule has 2 rings (SSSR count). The second kappa shape index (κ2) is 6.70. The molecule has 0 fully saturated rings. The molecule has 1 aromatic carbocycles. The van der Waals surface area contributed by atoms with E-state index in [1.165, 1.54) is 6.92 Å². The Bertz CT molecular complexity index is 593. The molecular weight excluding hydrogens is 272 g/mol. The molecule has 0 saturated carbocycles. The Morgan fingerprint density at radius 3 is 2.95 bits per heavy atom. The number of carbonyl (C=O) groups is 1. The van der Waals surface area contributed by atoms with Gasteiger partial charge in [0.2, 0.25) is 5.91 Å². The molecule has 1 aromatic heterocycles. The van der Waals surface area contributed by atoms with Gasteiger partial charge in [-0.05, 0) is 24.6 Å². The second-order valence-electron chi connectivity index (χ2n) is 5.02. The molecule has 0 bridgehead atoms. The monoisotopic (exact) mass is 292 g/mol. The lowest BCUT2D eigenvalue weighted by molar-refractivity contribution is -0.118. The van der Waals surface area contributed by atoms with Crippen LogP contribution in [0.2, 0.25) is 0 Å². The maximum Gasteiger partial charge on any atom is 0.216 e. The fourth-order valence-electron chi connectivity index (χ4n) is 1.79. The van der Waals surface area contributed by atoms with Crippen LogP contribution in [0.25, 0.3) is 10.2 Å². The van der Waals surface area contributed by atoms with Crippen LogP contribution in [0, 0.1) is 0 Å². The molecule has 108 valence electrons. The molecule has 0 aliphatic rings. The number of hydrogen-bond donors (Lipinski definition) is 1. The van der Waals surface area contributed by atoms with Crippen LogP contribution in [-0.2, 0) is 4.79 Å². The number of benzene rings is 1. The number of thiazole rings is 1. The van der Waals surface area contributed by atoms with E-state index in [0.29, 0.717) is 19.1 Å². The highest BCUT2D eigenvalue weighted by Crippen LogP contribution is 2.29. The van der Waals surface area contributed by atoms with Gasteiger partial charge in [0.25, 0.3) is 0 Å². The first-order valence-electron chi connectivity index (χ1n) is 6.84. The Kier molecular flexibility index (Phi) is 4.95. The molecule has 0 aliphatic heterocycles. The van der Waals surface area contributed by atoms with E-state index in [9.17, 15) is 4.79 Å². The van der Waals surface area contributed by atoms with Crippen LogP contribution in [0.1, 0.15) is 38.1 Å². The average Bonchev–Trinajstić information content (AvgIpc) is 2.81. The smallest absolute Gasteiger partial charge is 0.216 e. The van der Waals surface area contributed by atoms with E-state index in [1.807, 2.05) is 18.2 Å². The first-order valence-corrected chi connectivity index (χ1v) is 7.65. The summed E-state index contributed by atoms with van der Waals surface area (Å²) in [6.07, 6.45) is 0.803. The molecule has 1 amide bonds. The first-order chi connectivity index (χ1) is 9.56. The van der Waals surface area contributed by atoms with Gasteiger partial charge in [-0.25, -0.2) is 4.98 Å². The number of carbonyl (C=O) groups excluding carboxylic acids is 1. The lowest BCUT2D eigenvalue weighted by Gasteiger charge is -2.06. The van der Waals surface area contributed by atoms with E-state index in [2.05, 4.69) is 24.1 Å². The van der Waals surface area contributed by atoms with Crippen LogP contribution in [0.5, 0.6) is 5.75 Å². The van der Waals surface area contributed by atoms with E-state index in [1.54, 1.807) is 11.3 Å². The van der Waals surface area contributed by atoms with Crippen molar-refractivity contribution in [2.75, 3.05) is 13.2 Å². The van der Waals surface area contributed by atoms with E-state index >= 15 is 0 Å². The lowest BCUT2D eigenvalue weighted by Crippen LogP contribution is -2.22. The normalized spacial score (nSPS) is 11.0. The van der Waals surface area contributed by atoms with Gasteiger partial charge in [-0.15, -0.1) is 11.3 Å². The topological polar surface area (TPSA) is 51.2 Å². The quantitative estimate of drug-likeness (QED) is 0.831. The first kappa shape index (κ1) is 14.8. The van der Waals surface area contributed by atoms with Crippen LogP contribution < -0.4 is 10.1 Å². The fraction of sp³-hybridized carbons (Fsp3) is 0.467. The highest BCUT2D eigenvalue weighted by molar-refractivity contribution is 7.18. The van der Waals surface area contributed by atoms with Gasteiger partial charge >= 0.3 is 0 Å². The summed E-state index contributed by atoms with van der Waals surface area (Å²) in [5.41, 5.74) is 1.03. The van der Waals surface area contributed by atoms with Crippen molar-refractivity contribution in [1.29, 1.82) is 0 Å². The van der Waals surface area contributed by atoms with Crippen LogP contribution >= 0.6 is 11.3 Å². The van der Waals surface area contributed by atoms with Gasteiger partial charge in [-0.3, -0.25) is 4.79 Å². The zero-order valence-corrected chi connectivity index (χ0v) is 12.9. The maximum atomic E-state index is 10.7. The molecule has 0 spiro atoms. The molecule has 0 radical (unpaired) electrons. The summed E-state index contributed by atoms with van der Waals surface area (Å²) < 4.78 is 6.85. The fourth-order valence-corrected chi connectivity index (χ4v) is 2.78. The van der Waals surface area contributed by atoms with Gasteiger partial charge < -0.3 is 10.1 Å². The predicted molar refractivity (Wildman–Crippen MR) is 82.5 cm³/mol. The number of rotatable bonds is 6. The third-order valence-electron chi connectivity index (χ3n) is 2.83. The minimum absolute atomic E-state index is 0.00251. The molecule has 0 atom stereocenters. The number of hydrogen-bond acceptors (Lipinski definition) is 4. The number of fused-ring (bicyclic) bond motifs is 1. The van der Waals surface area contributed by atoms with Crippen molar-refractivity contribution in [3.05, 3.63) is 23.2 Å². The summed E-state index contributed by atoms with van der Waals surface area (Å²) in [4.78, 5) is 15.3. The van der Waals surface area contributed by atoms with Crippen molar-refractivity contribution in [2.24, 2.45) is 0 Å². The van der Waals surface area contributed by atoms with Gasteiger partial charge in [-0.1, -0.05) is 13.8 Å². The Balaban J connectivity index is 1.92. The summed E-state index contributed by atoms with van der Waals surface area (Å²) in [7, 11) is 0. The predicted octanol–water partition coefficient (Wildman–Crippen LogP) is 3.32. The molecule has 0 saturated heterocycles. The zero-order chi connectivity index (χ0) is 14.5. The van der Waals surface area contributed by atoms with Crippen molar-refractivity contribution in [2.45, 2.75) is 33.1 Å². The Morgan fingerprint density at radius 2 is 2.25 bits per heavy atom. The third kappa shape index (κ3) is 3.93. The number of nitrogens with one attached hydrogen (secondary N) is 1. The molecule has 0 unspecified atom stereocenters. The maximum absolute atomic E-state index is 10.7. The SMILES string of the molecule is CC(=O)NCCCOc1ccc2nc(C(C)C)sc2c1. The number of ether oxygens (including phenoxy) is 1. The van der Waals surface area contributed by atoms with Gasteiger partial charge in [0.15, 0.2) is 0 Å². The number of amides is 1. The summed E-state index contributed by atoms with van der Waals surface area (Å²) in [5, 5.41) is 3.91. The van der Waals surface area contributed by atoms with Crippen molar-refractivity contribution < 1.29 is 9.53 Å². The second-order valence-corrected chi connectivity index (χ2v) is 6.08. The zero-order valence-electron chi connectivity index (χ0n) is 12.1. The van der Waals surface area contributed by atoms with E-state index in [4.69, 9.17) is 4.74 Å². The minimum Gasteiger partial charge on any atom is -0.493 e. The molecule has 0 aliphatic carbocycles. The molecule has 4 nitrogen and oxygen atoms in total. The van der Waals surface area contributed by atoms with Crippen molar-refractivity contribution in [3.8, 4) is 5.75 Å². The lowest BCUT2D eigenvalue weighted by atomic mass is 10.2. The molecular formula is C15H20N2O2S. The largest absolute Gasteiger partial charge is 0.493 e. The molecule has 20 heavy (non-hydrogen) atoms. The summed E-state index contributed by atoms with van der Waals surface area (Å²) in [6, 6.07) is 5.99. The van der Waals surface area contributed by atoms with Crippen LogP contribution in [-0.4, -0.2) is 24.0 Å². The third-order valence-corrected chi connectivity index (χ3v) is 4.15. The summed E-state index contributed by atoms with van der Waals surface area (Å²) in [5.74, 6) is 1.31. The van der Waals surface area contributed by atoms with Gasteiger partial charge in [-0.2, -0.15) is 0 Å². The van der Waals surface area contributed by atoms with Gasteiger partial charge in [0, 0.05) is 19.4 Å². The van der Waals surface area contributed by atoms with Crippen molar-refractivity contribution in [3.63, 3.8) is 0 Å². The van der Waals surface area contributed by atoms with Gasteiger partial charge in [0.05, 0.1) is 21.8 Å². The minimum atomic E-state index is -0.00251. The molecule has 2 aromatic rings. The Morgan fingerprint density at radius 1 is 1.45 bits per heavy atom. The average molecular weight is 292 g/mol. The molecule has 1 N–H and O–H groups in total. The van der Waals surface area contributed by atoms with Crippen LogP contribution in [0.15, 0.2) is 18.2 Å². The van der Waals surface area contributed by atoms with Gasteiger partial charge in [0.1, 0.15) is 5.75 Å². The van der Waals surface area contributed by atoms with E-state index in [0.717, 1.165) is 27.4 Å². The summed E-state index contributed by atoms with van der Waals surface area (Å²) in [6.45, 7) is 7.07. The number of nitrogens with zero attached hydrogens (tertiary/aromatic N) is 1. The van der Waals surface area contributed by atoms with Crippen LogP contribution in [0.3, 0.4) is 0 Å². The Hall–Kier alpha value is -1.62. The van der Waals surface area contributed by atoms with Crippen LogP contribution in [0.4, 0.5) is 0 Å². The summed E-state index contributed by atoms with van der Waals surface area (Å²) >= 11 is 1.72. The van der Waals surface area contributed by atoms with E-state index in [-0.39, 0.29) is 5.91 Å². The number of aromatic nitrogens is 1. The Labute approximate surface area is 123 Å². The van der Waals surface area contributed by atoms with Crippen molar-refractivity contribution in [1.82, 2.24) is 10.3 Å². The highest BCUT2D eigenvalue weighted by Gasteiger charge is 2.08.